The largest absolute Gasteiger partial charge is 0.452 e. The number of nitrogen functional groups attached to an aromatic ring is 1. The van der Waals surface area contributed by atoms with Crippen molar-refractivity contribution in [2.75, 3.05) is 29.1 Å². The predicted molar refractivity (Wildman–Crippen MR) is 129 cm³/mol. The van der Waals surface area contributed by atoms with Gasteiger partial charge in [-0.05, 0) is 36.1 Å². The second-order valence-electron chi connectivity index (χ2n) is 8.73. The zero-order valence-corrected chi connectivity index (χ0v) is 20.0. The second-order valence-corrected chi connectivity index (χ2v) is 8.73. The molecule has 0 fully saturated rings. The normalized spacial score (nSPS) is 10.9. The van der Waals surface area contributed by atoms with Crippen molar-refractivity contribution >= 4 is 35.0 Å². The highest BCUT2D eigenvalue weighted by Gasteiger charge is 2.26. The van der Waals surface area contributed by atoms with Crippen molar-refractivity contribution in [3.63, 3.8) is 0 Å². The number of nitrogens with two attached hydrogens (primary N) is 1. The van der Waals surface area contributed by atoms with E-state index in [4.69, 9.17) is 10.5 Å². The molecule has 2 amide bonds. The van der Waals surface area contributed by atoms with Gasteiger partial charge < -0.3 is 20.7 Å². The van der Waals surface area contributed by atoms with Gasteiger partial charge in [0.15, 0.2) is 12.3 Å². The molecule has 2 aromatic rings. The number of H-pyrrole nitrogens is 1. The maximum atomic E-state index is 13.0. The van der Waals surface area contributed by atoms with E-state index < -0.39 is 29.7 Å². The van der Waals surface area contributed by atoms with Crippen LogP contribution in [-0.4, -0.2) is 40.5 Å². The molecule has 0 saturated carbocycles. The van der Waals surface area contributed by atoms with Crippen LogP contribution in [0.5, 0.6) is 0 Å². The van der Waals surface area contributed by atoms with E-state index in [9.17, 15) is 24.0 Å². The van der Waals surface area contributed by atoms with Crippen LogP contribution in [0.15, 0.2) is 33.9 Å². The Hall–Kier alpha value is -3.89. The molecule has 34 heavy (non-hydrogen) atoms. The minimum Gasteiger partial charge on any atom is -0.452 e. The molecule has 1 aromatic heterocycles. The first-order valence-electron chi connectivity index (χ1n) is 10.9. The Morgan fingerprint density at radius 1 is 1.09 bits per heavy atom. The van der Waals surface area contributed by atoms with Crippen LogP contribution in [0.25, 0.3) is 0 Å². The fourth-order valence-electron chi connectivity index (χ4n) is 3.25. The molecule has 2 rings (SSSR count). The van der Waals surface area contributed by atoms with E-state index in [1.165, 1.54) is 35.8 Å². The zero-order chi connectivity index (χ0) is 25.6. The molecule has 4 N–H and O–H groups in total. The van der Waals surface area contributed by atoms with Gasteiger partial charge in [-0.2, -0.15) is 0 Å². The number of hydrogen-bond donors (Lipinski definition) is 3. The molecule has 1 aromatic carbocycles. The first-order valence-corrected chi connectivity index (χ1v) is 10.9. The summed E-state index contributed by atoms with van der Waals surface area (Å²) >= 11 is 0. The van der Waals surface area contributed by atoms with E-state index in [0.29, 0.717) is 5.69 Å². The van der Waals surface area contributed by atoms with E-state index in [-0.39, 0.29) is 47.9 Å². The molecule has 184 valence electrons. The van der Waals surface area contributed by atoms with Crippen molar-refractivity contribution in [2.45, 2.75) is 41.2 Å². The third-order valence-electron chi connectivity index (χ3n) is 4.65. The number of benzene rings is 1. The summed E-state index contributed by atoms with van der Waals surface area (Å²) in [4.78, 5) is 64.7. The molecule has 0 aliphatic rings. The predicted octanol–water partition coefficient (Wildman–Crippen LogP) is 1.58. The molecule has 0 spiro atoms. The van der Waals surface area contributed by atoms with Crippen molar-refractivity contribution in [1.82, 2.24) is 9.55 Å². The number of rotatable bonds is 9. The van der Waals surface area contributed by atoms with Gasteiger partial charge in [-0.15, -0.1) is 0 Å². The minimum absolute atomic E-state index is 0.0507. The summed E-state index contributed by atoms with van der Waals surface area (Å²) in [6.45, 7) is 8.56. The number of hydrogen-bond acceptors (Lipinski definition) is 7. The summed E-state index contributed by atoms with van der Waals surface area (Å²) in [5.74, 6) is -1.78. The number of aromatic nitrogens is 2. The summed E-state index contributed by atoms with van der Waals surface area (Å²) in [6.07, 6.45) is 0. The molecule has 0 radical (unpaired) electrons. The van der Waals surface area contributed by atoms with Gasteiger partial charge >= 0.3 is 11.7 Å². The van der Waals surface area contributed by atoms with Gasteiger partial charge in [0.05, 0.1) is 5.56 Å². The van der Waals surface area contributed by atoms with Crippen LogP contribution in [0, 0.1) is 11.8 Å². The van der Waals surface area contributed by atoms with Gasteiger partial charge in [-0.25, -0.2) is 9.59 Å². The molecule has 0 atom stereocenters. The van der Waals surface area contributed by atoms with Gasteiger partial charge in [0, 0.05) is 25.7 Å². The fourth-order valence-corrected chi connectivity index (χ4v) is 3.25. The summed E-state index contributed by atoms with van der Waals surface area (Å²) in [5, 5.41) is 2.58. The smallest absolute Gasteiger partial charge is 0.338 e. The summed E-state index contributed by atoms with van der Waals surface area (Å²) in [6, 6.07) is 5.97. The topological polar surface area (TPSA) is 157 Å². The lowest BCUT2D eigenvalue weighted by atomic mass is 10.2. The Morgan fingerprint density at radius 3 is 2.24 bits per heavy atom. The Balaban J connectivity index is 2.27. The second kappa shape index (κ2) is 11.3. The standard InChI is InChI=1S/C23H31N5O6/c1-13(2)10-27(19-20(24)28(11-14(3)4)23(33)26-21(19)31)18(30)12-34-22(32)16-6-8-17(9-7-16)25-15(5)29/h6-9,13-14H,10-12,24H2,1-5H3,(H,25,29)(H,26,31,33). The zero-order valence-electron chi connectivity index (χ0n) is 20.0. The minimum atomic E-state index is -0.795. The van der Waals surface area contributed by atoms with Crippen molar-refractivity contribution in [1.29, 1.82) is 0 Å². The monoisotopic (exact) mass is 473 g/mol. The number of amides is 2. The molecule has 0 aliphatic carbocycles. The van der Waals surface area contributed by atoms with E-state index in [0.717, 1.165) is 4.90 Å². The Morgan fingerprint density at radius 2 is 1.71 bits per heavy atom. The number of ether oxygens (including phenoxy) is 1. The summed E-state index contributed by atoms with van der Waals surface area (Å²) < 4.78 is 6.37. The van der Waals surface area contributed by atoms with Gasteiger partial charge in [0.2, 0.25) is 5.91 Å². The number of anilines is 3. The van der Waals surface area contributed by atoms with Crippen molar-refractivity contribution in [3.8, 4) is 0 Å². The number of carbonyl (C=O) groups excluding carboxylic acids is 3. The lowest BCUT2D eigenvalue weighted by molar-refractivity contribution is -0.121. The highest BCUT2D eigenvalue weighted by molar-refractivity contribution is 5.98. The maximum Gasteiger partial charge on any atom is 0.338 e. The van der Waals surface area contributed by atoms with Gasteiger partial charge in [-0.3, -0.25) is 23.9 Å². The molecule has 11 nitrogen and oxygen atoms in total. The number of esters is 1. The highest BCUT2D eigenvalue weighted by atomic mass is 16.5. The van der Waals surface area contributed by atoms with Crippen molar-refractivity contribution in [3.05, 3.63) is 50.7 Å². The number of carbonyl (C=O) groups is 3. The molecule has 1 heterocycles. The molecule has 11 heteroatoms. The summed E-state index contributed by atoms with van der Waals surface area (Å²) in [7, 11) is 0. The number of nitrogens with one attached hydrogen (secondary N) is 2. The van der Waals surface area contributed by atoms with Crippen molar-refractivity contribution < 1.29 is 19.1 Å². The van der Waals surface area contributed by atoms with Crippen LogP contribution in [0.4, 0.5) is 17.2 Å². The molecular weight excluding hydrogens is 442 g/mol. The van der Waals surface area contributed by atoms with Gasteiger partial charge in [-0.1, -0.05) is 27.7 Å². The third-order valence-corrected chi connectivity index (χ3v) is 4.65. The maximum absolute atomic E-state index is 13.0. The Labute approximate surface area is 196 Å². The SMILES string of the molecule is CC(=O)Nc1ccc(C(=O)OCC(=O)N(CC(C)C)c2c(N)n(CC(C)C)c(=O)[nH]c2=O)cc1. The first kappa shape index (κ1) is 26.4. The molecule has 0 aliphatic heterocycles. The van der Waals surface area contributed by atoms with Crippen molar-refractivity contribution in [2.24, 2.45) is 11.8 Å². The first-order chi connectivity index (χ1) is 15.9. The van der Waals surface area contributed by atoms with Gasteiger partial charge in [0.25, 0.3) is 11.5 Å². The van der Waals surface area contributed by atoms with Crippen LogP contribution in [0.3, 0.4) is 0 Å². The van der Waals surface area contributed by atoms with Crippen LogP contribution in [-0.2, 0) is 20.9 Å². The Kier molecular flexibility index (Phi) is 8.76. The molecule has 0 unspecified atom stereocenters. The summed E-state index contributed by atoms with van der Waals surface area (Å²) in [5.41, 5.74) is 5.23. The molecule has 0 bridgehead atoms. The fraction of sp³-hybridized carbons (Fsp3) is 0.435. The third kappa shape index (κ3) is 6.80. The van der Waals surface area contributed by atoms with E-state index >= 15 is 0 Å². The van der Waals surface area contributed by atoms with Crippen LogP contribution in [0.1, 0.15) is 45.0 Å². The quantitative estimate of drug-likeness (QED) is 0.467. The van der Waals surface area contributed by atoms with E-state index in [1.54, 1.807) is 0 Å². The van der Waals surface area contributed by atoms with Gasteiger partial charge in [0.1, 0.15) is 5.82 Å². The van der Waals surface area contributed by atoms with Crippen LogP contribution >= 0.6 is 0 Å². The highest BCUT2D eigenvalue weighted by Crippen LogP contribution is 2.20. The van der Waals surface area contributed by atoms with E-state index in [1.807, 2.05) is 27.7 Å². The number of aromatic amines is 1. The average molecular weight is 474 g/mol. The van der Waals surface area contributed by atoms with E-state index in [2.05, 4.69) is 10.3 Å². The lowest BCUT2D eigenvalue weighted by Gasteiger charge is -2.26. The molecule has 0 saturated heterocycles. The van der Waals surface area contributed by atoms with Crippen LogP contribution in [0.2, 0.25) is 0 Å². The number of nitrogens with zero attached hydrogens (tertiary/aromatic N) is 2. The Bertz CT molecular complexity index is 1160. The average Bonchev–Trinajstić information content (AvgIpc) is 2.73. The van der Waals surface area contributed by atoms with Crippen LogP contribution < -0.4 is 27.2 Å². The molecular formula is C23H31N5O6. The lowest BCUT2D eigenvalue weighted by Crippen LogP contribution is -2.44.